The van der Waals surface area contributed by atoms with Gasteiger partial charge in [0.25, 0.3) is 0 Å². The molecule has 0 saturated heterocycles. The van der Waals surface area contributed by atoms with Gasteiger partial charge in [0, 0.05) is 19.2 Å². The molecule has 0 aliphatic carbocycles. The number of hydrogen-bond donors (Lipinski definition) is 0. The zero-order chi connectivity index (χ0) is 11.2. The molecule has 1 aromatic carbocycles. The van der Waals surface area contributed by atoms with Gasteiger partial charge in [-0.05, 0) is 13.8 Å². The Morgan fingerprint density at radius 1 is 1.27 bits per heavy atom. The monoisotopic (exact) mass is 213 g/mol. The summed E-state index contributed by atoms with van der Waals surface area (Å²) in [4.78, 5) is 1.86. The Bertz CT molecular complexity index is 404. The Morgan fingerprint density at radius 3 is 2.53 bits per heavy atom. The van der Waals surface area contributed by atoms with Crippen LogP contribution in [0.3, 0.4) is 0 Å². The zero-order valence-corrected chi connectivity index (χ0v) is 8.97. The molecule has 0 saturated carbocycles. The Kier molecular flexibility index (Phi) is 2.10. The van der Waals surface area contributed by atoms with E-state index >= 15 is 0 Å². The van der Waals surface area contributed by atoms with Gasteiger partial charge in [0.05, 0.1) is 12.2 Å². The summed E-state index contributed by atoms with van der Waals surface area (Å²) < 4.78 is 31.6. The van der Waals surface area contributed by atoms with Crippen molar-refractivity contribution in [1.82, 2.24) is 0 Å². The van der Waals surface area contributed by atoms with Gasteiger partial charge in [0.2, 0.25) is 0 Å². The summed E-state index contributed by atoms with van der Waals surface area (Å²) in [7, 11) is 1.83. The van der Waals surface area contributed by atoms with Gasteiger partial charge in [-0.15, -0.1) is 0 Å². The van der Waals surface area contributed by atoms with Crippen molar-refractivity contribution in [1.29, 1.82) is 0 Å². The molecule has 0 atom stereocenters. The molecule has 0 bridgehead atoms. The molecule has 1 aromatic rings. The van der Waals surface area contributed by atoms with Crippen LogP contribution in [0.5, 0.6) is 5.75 Å². The van der Waals surface area contributed by atoms with Gasteiger partial charge in [-0.2, -0.15) is 0 Å². The lowest BCUT2D eigenvalue weighted by Gasteiger charge is -2.38. The molecule has 0 N–H and O–H groups in total. The van der Waals surface area contributed by atoms with Crippen molar-refractivity contribution in [3.8, 4) is 5.75 Å². The van der Waals surface area contributed by atoms with Gasteiger partial charge in [-0.1, -0.05) is 0 Å². The standard InChI is InChI=1S/C11H13F2NO/c1-11(2)6-14(3)9-4-7(12)8(13)5-10(9)15-11/h4-5H,6H2,1-3H3. The number of ether oxygens (including phenoxy) is 1. The summed E-state index contributed by atoms with van der Waals surface area (Å²) in [5.41, 5.74) is 0.208. The number of nitrogens with zero attached hydrogens (tertiary/aromatic N) is 1. The zero-order valence-electron chi connectivity index (χ0n) is 8.97. The smallest absolute Gasteiger partial charge is 0.162 e. The van der Waals surface area contributed by atoms with Crippen LogP contribution in [0.15, 0.2) is 12.1 Å². The number of halogens is 2. The number of rotatable bonds is 0. The molecule has 0 fully saturated rings. The third-order valence-corrected chi connectivity index (χ3v) is 2.42. The lowest BCUT2D eigenvalue weighted by molar-refractivity contribution is 0.106. The number of likely N-dealkylation sites (N-methyl/N-ethyl adjacent to an activating group) is 1. The van der Waals surface area contributed by atoms with Crippen LogP contribution in [-0.4, -0.2) is 19.2 Å². The Balaban J connectivity index is 2.51. The fraction of sp³-hybridized carbons (Fsp3) is 0.455. The molecule has 2 nitrogen and oxygen atoms in total. The quantitative estimate of drug-likeness (QED) is 0.656. The van der Waals surface area contributed by atoms with Crippen molar-refractivity contribution in [2.24, 2.45) is 0 Å². The second-order valence-corrected chi connectivity index (χ2v) is 4.45. The van der Waals surface area contributed by atoms with Crippen molar-refractivity contribution in [2.45, 2.75) is 19.4 Å². The molecule has 0 spiro atoms. The first-order valence-corrected chi connectivity index (χ1v) is 4.78. The summed E-state index contributed by atoms with van der Waals surface area (Å²) in [5.74, 6) is -1.32. The Morgan fingerprint density at radius 2 is 1.87 bits per heavy atom. The van der Waals surface area contributed by atoms with Gasteiger partial charge < -0.3 is 9.64 Å². The van der Waals surface area contributed by atoms with E-state index in [0.717, 1.165) is 6.07 Å². The van der Waals surface area contributed by atoms with E-state index in [0.29, 0.717) is 18.0 Å². The van der Waals surface area contributed by atoms with E-state index in [4.69, 9.17) is 4.74 Å². The van der Waals surface area contributed by atoms with E-state index in [-0.39, 0.29) is 5.60 Å². The van der Waals surface area contributed by atoms with Crippen molar-refractivity contribution in [3.63, 3.8) is 0 Å². The fourth-order valence-corrected chi connectivity index (χ4v) is 1.88. The third kappa shape index (κ3) is 1.76. The van der Waals surface area contributed by atoms with Gasteiger partial charge in [0.1, 0.15) is 11.4 Å². The number of hydrogen-bond acceptors (Lipinski definition) is 2. The summed E-state index contributed by atoms with van der Waals surface area (Å²) >= 11 is 0. The second kappa shape index (κ2) is 3.08. The van der Waals surface area contributed by atoms with Crippen molar-refractivity contribution >= 4 is 5.69 Å². The topological polar surface area (TPSA) is 12.5 Å². The normalized spacial score (nSPS) is 18.3. The van der Waals surface area contributed by atoms with E-state index in [9.17, 15) is 8.78 Å². The first-order valence-electron chi connectivity index (χ1n) is 4.78. The minimum atomic E-state index is -0.875. The van der Waals surface area contributed by atoms with Gasteiger partial charge in [-0.3, -0.25) is 0 Å². The van der Waals surface area contributed by atoms with E-state index in [2.05, 4.69) is 0 Å². The molecule has 0 radical (unpaired) electrons. The summed E-state index contributed by atoms with van der Waals surface area (Å²) in [6, 6.07) is 2.27. The fourth-order valence-electron chi connectivity index (χ4n) is 1.88. The third-order valence-electron chi connectivity index (χ3n) is 2.42. The maximum atomic E-state index is 13.0. The van der Waals surface area contributed by atoms with E-state index in [1.807, 2.05) is 25.8 Å². The highest BCUT2D eigenvalue weighted by atomic mass is 19.2. The molecule has 15 heavy (non-hydrogen) atoms. The second-order valence-electron chi connectivity index (χ2n) is 4.45. The average Bonchev–Trinajstić information content (AvgIpc) is 2.07. The van der Waals surface area contributed by atoms with Crippen LogP contribution < -0.4 is 9.64 Å². The maximum Gasteiger partial charge on any atom is 0.162 e. The molecule has 0 aromatic heterocycles. The highest BCUT2D eigenvalue weighted by molar-refractivity contribution is 5.60. The molecule has 0 amide bonds. The van der Waals surface area contributed by atoms with Crippen molar-refractivity contribution in [3.05, 3.63) is 23.8 Å². The lowest BCUT2D eigenvalue weighted by Crippen LogP contribution is -2.45. The van der Waals surface area contributed by atoms with E-state index in [1.54, 1.807) is 0 Å². The average molecular weight is 213 g/mol. The highest BCUT2D eigenvalue weighted by Gasteiger charge is 2.30. The molecule has 1 heterocycles. The minimum Gasteiger partial charge on any atom is -0.484 e. The van der Waals surface area contributed by atoms with E-state index < -0.39 is 11.6 Å². The van der Waals surface area contributed by atoms with Crippen LogP contribution in [0, 0.1) is 11.6 Å². The van der Waals surface area contributed by atoms with Crippen LogP contribution >= 0.6 is 0 Å². The summed E-state index contributed by atoms with van der Waals surface area (Å²) in [6.07, 6.45) is 0. The van der Waals surface area contributed by atoms with Crippen LogP contribution in [0.2, 0.25) is 0 Å². The van der Waals surface area contributed by atoms with Crippen LogP contribution in [0.1, 0.15) is 13.8 Å². The SMILES string of the molecule is CN1CC(C)(C)Oc2cc(F)c(F)cc21. The summed E-state index contributed by atoms with van der Waals surface area (Å²) in [5, 5.41) is 0. The molecule has 1 aliphatic heterocycles. The van der Waals surface area contributed by atoms with Gasteiger partial charge in [0.15, 0.2) is 11.6 Å². The minimum absolute atomic E-state index is 0.383. The van der Waals surface area contributed by atoms with Crippen LogP contribution in [-0.2, 0) is 0 Å². The Hall–Kier alpha value is -1.32. The predicted molar refractivity (Wildman–Crippen MR) is 54.3 cm³/mol. The molecule has 82 valence electrons. The van der Waals surface area contributed by atoms with Crippen molar-refractivity contribution < 1.29 is 13.5 Å². The number of anilines is 1. The molecular weight excluding hydrogens is 200 g/mol. The number of benzene rings is 1. The molecule has 0 unspecified atom stereocenters. The molecule has 2 rings (SSSR count). The van der Waals surface area contributed by atoms with Crippen molar-refractivity contribution in [2.75, 3.05) is 18.5 Å². The largest absolute Gasteiger partial charge is 0.484 e. The van der Waals surface area contributed by atoms with Gasteiger partial charge in [-0.25, -0.2) is 8.78 Å². The highest BCUT2D eigenvalue weighted by Crippen LogP contribution is 2.37. The first-order chi connectivity index (χ1) is 6.89. The molecule has 4 heteroatoms. The molecule has 1 aliphatic rings. The Labute approximate surface area is 87.5 Å². The van der Waals surface area contributed by atoms with Crippen LogP contribution in [0.25, 0.3) is 0 Å². The number of fused-ring (bicyclic) bond motifs is 1. The maximum absolute atomic E-state index is 13.0. The van der Waals surface area contributed by atoms with Gasteiger partial charge >= 0.3 is 0 Å². The summed E-state index contributed by atoms with van der Waals surface area (Å²) in [6.45, 7) is 4.46. The predicted octanol–water partition coefficient (Wildman–Crippen LogP) is 2.57. The molecular formula is C11H13F2NO. The van der Waals surface area contributed by atoms with E-state index in [1.165, 1.54) is 6.07 Å². The van der Waals surface area contributed by atoms with Crippen LogP contribution in [0.4, 0.5) is 14.5 Å². The first kappa shape index (κ1) is 10.2. The lowest BCUT2D eigenvalue weighted by atomic mass is 10.1.